The van der Waals surface area contributed by atoms with Gasteiger partial charge in [0.1, 0.15) is 5.75 Å². The van der Waals surface area contributed by atoms with Crippen LogP contribution >= 0.6 is 0 Å². The van der Waals surface area contributed by atoms with Gasteiger partial charge in [0.15, 0.2) is 6.61 Å². The van der Waals surface area contributed by atoms with Gasteiger partial charge in [-0.1, -0.05) is 12.1 Å². The summed E-state index contributed by atoms with van der Waals surface area (Å²) in [5.74, 6) is 0.468. The minimum absolute atomic E-state index is 0.00770. The van der Waals surface area contributed by atoms with Crippen molar-refractivity contribution in [1.82, 2.24) is 5.32 Å². The zero-order chi connectivity index (χ0) is 13.5. The predicted molar refractivity (Wildman–Crippen MR) is 69.8 cm³/mol. The summed E-state index contributed by atoms with van der Waals surface area (Å²) in [4.78, 5) is 11.7. The van der Waals surface area contributed by atoms with Crippen molar-refractivity contribution in [1.29, 1.82) is 0 Å². The fourth-order valence-corrected chi connectivity index (χ4v) is 1.99. The van der Waals surface area contributed by atoms with Crippen molar-refractivity contribution in [2.75, 3.05) is 19.8 Å². The van der Waals surface area contributed by atoms with Crippen LogP contribution in [0.3, 0.4) is 0 Å². The lowest BCUT2D eigenvalue weighted by Gasteiger charge is -2.23. The minimum atomic E-state index is -0.124. The van der Waals surface area contributed by atoms with E-state index >= 15 is 0 Å². The quantitative estimate of drug-likeness (QED) is 0.828. The van der Waals surface area contributed by atoms with E-state index in [2.05, 4.69) is 5.32 Å². The molecule has 0 aromatic heterocycles. The summed E-state index contributed by atoms with van der Waals surface area (Å²) in [5, 5.41) is 11.9. The van der Waals surface area contributed by atoms with Crippen molar-refractivity contribution in [3.05, 3.63) is 29.8 Å². The Morgan fingerprint density at radius 3 is 2.95 bits per heavy atom. The molecule has 0 bridgehead atoms. The molecule has 0 radical (unpaired) electrons. The Hall–Kier alpha value is -1.59. The maximum Gasteiger partial charge on any atom is 0.258 e. The lowest BCUT2D eigenvalue weighted by Crippen LogP contribution is -2.41. The summed E-state index contributed by atoms with van der Waals surface area (Å²) in [6, 6.07) is 7.27. The molecule has 104 valence electrons. The van der Waals surface area contributed by atoms with Gasteiger partial charge < -0.3 is 19.9 Å². The molecule has 5 nitrogen and oxygen atoms in total. The monoisotopic (exact) mass is 265 g/mol. The number of ether oxygens (including phenoxy) is 2. The van der Waals surface area contributed by atoms with Gasteiger partial charge in [0.2, 0.25) is 0 Å². The van der Waals surface area contributed by atoms with E-state index in [4.69, 9.17) is 14.6 Å². The van der Waals surface area contributed by atoms with Gasteiger partial charge in [0.05, 0.1) is 6.61 Å². The molecular formula is C14H19NO4. The number of carbonyl (C=O) groups excluding carboxylic acids is 1. The van der Waals surface area contributed by atoms with Crippen LogP contribution < -0.4 is 10.1 Å². The molecule has 0 spiro atoms. The van der Waals surface area contributed by atoms with Crippen LogP contribution in [0.1, 0.15) is 18.4 Å². The SMILES string of the molecule is O=C(COc1cccc(CO)c1)NC1CCOCC1. The van der Waals surface area contributed by atoms with Crippen molar-refractivity contribution >= 4 is 5.91 Å². The van der Waals surface area contributed by atoms with Crippen LogP contribution in [0, 0.1) is 0 Å². The van der Waals surface area contributed by atoms with Gasteiger partial charge in [0.25, 0.3) is 5.91 Å². The maximum atomic E-state index is 11.7. The number of hydrogen-bond acceptors (Lipinski definition) is 4. The second-order valence-corrected chi connectivity index (χ2v) is 4.55. The van der Waals surface area contributed by atoms with Gasteiger partial charge in [-0.3, -0.25) is 4.79 Å². The third-order valence-corrected chi connectivity index (χ3v) is 3.04. The third kappa shape index (κ3) is 4.54. The number of amides is 1. The first-order valence-corrected chi connectivity index (χ1v) is 6.47. The first kappa shape index (κ1) is 13.8. The van der Waals surface area contributed by atoms with Crippen LogP contribution in [0.15, 0.2) is 24.3 Å². The highest BCUT2D eigenvalue weighted by molar-refractivity contribution is 5.77. The van der Waals surface area contributed by atoms with Crippen molar-refractivity contribution in [3.8, 4) is 5.75 Å². The Morgan fingerprint density at radius 1 is 1.42 bits per heavy atom. The molecule has 0 unspecified atom stereocenters. The highest BCUT2D eigenvalue weighted by Crippen LogP contribution is 2.13. The fraction of sp³-hybridized carbons (Fsp3) is 0.500. The van der Waals surface area contributed by atoms with Gasteiger partial charge >= 0.3 is 0 Å². The van der Waals surface area contributed by atoms with E-state index in [-0.39, 0.29) is 25.2 Å². The van der Waals surface area contributed by atoms with Crippen LogP contribution in [-0.2, 0) is 16.1 Å². The molecule has 5 heteroatoms. The molecule has 1 fully saturated rings. The highest BCUT2D eigenvalue weighted by Gasteiger charge is 2.16. The van der Waals surface area contributed by atoms with E-state index in [1.807, 2.05) is 0 Å². The average molecular weight is 265 g/mol. The number of aliphatic hydroxyl groups excluding tert-OH is 1. The van der Waals surface area contributed by atoms with Crippen LogP contribution in [-0.4, -0.2) is 36.9 Å². The first-order valence-electron chi connectivity index (χ1n) is 6.47. The second-order valence-electron chi connectivity index (χ2n) is 4.55. The van der Waals surface area contributed by atoms with Crippen LogP contribution in [0.5, 0.6) is 5.75 Å². The molecule has 0 atom stereocenters. The predicted octanol–water partition coefficient (Wildman–Crippen LogP) is 0.853. The first-order chi connectivity index (χ1) is 9.28. The number of carbonyl (C=O) groups is 1. The van der Waals surface area contributed by atoms with Gasteiger partial charge in [-0.05, 0) is 30.5 Å². The Morgan fingerprint density at radius 2 is 2.21 bits per heavy atom. The van der Waals surface area contributed by atoms with Crippen LogP contribution in [0.25, 0.3) is 0 Å². The molecule has 0 aliphatic carbocycles. The molecule has 1 aromatic rings. The largest absolute Gasteiger partial charge is 0.484 e. The number of benzene rings is 1. The van der Waals surface area contributed by atoms with E-state index in [0.717, 1.165) is 18.4 Å². The number of rotatable bonds is 5. The molecule has 1 aliphatic heterocycles. The summed E-state index contributed by atoms with van der Waals surface area (Å²) >= 11 is 0. The average Bonchev–Trinajstić information content (AvgIpc) is 2.46. The zero-order valence-corrected chi connectivity index (χ0v) is 10.8. The smallest absolute Gasteiger partial charge is 0.258 e. The molecule has 2 rings (SSSR count). The van der Waals surface area contributed by atoms with Crippen molar-refractivity contribution < 1.29 is 19.4 Å². The zero-order valence-electron chi connectivity index (χ0n) is 10.8. The molecule has 1 heterocycles. The molecule has 0 saturated carbocycles. The Kier molecular flexibility index (Phi) is 5.18. The van der Waals surface area contributed by atoms with E-state index in [9.17, 15) is 4.79 Å². The van der Waals surface area contributed by atoms with Crippen LogP contribution in [0.2, 0.25) is 0 Å². The molecule has 1 aromatic carbocycles. The highest BCUT2D eigenvalue weighted by atomic mass is 16.5. The maximum absolute atomic E-state index is 11.7. The van der Waals surface area contributed by atoms with Gasteiger partial charge in [-0.2, -0.15) is 0 Å². The lowest BCUT2D eigenvalue weighted by atomic mass is 10.1. The van der Waals surface area contributed by atoms with Crippen molar-refractivity contribution in [2.45, 2.75) is 25.5 Å². The fourth-order valence-electron chi connectivity index (χ4n) is 1.99. The molecule has 2 N–H and O–H groups in total. The second kappa shape index (κ2) is 7.11. The molecular weight excluding hydrogens is 246 g/mol. The standard InChI is InChI=1S/C14H19NO4/c16-9-11-2-1-3-13(8-11)19-10-14(17)15-12-4-6-18-7-5-12/h1-3,8,12,16H,4-7,9-10H2,(H,15,17). The van der Waals surface area contributed by atoms with Gasteiger partial charge in [-0.25, -0.2) is 0 Å². The Labute approximate surface area is 112 Å². The molecule has 1 amide bonds. The van der Waals surface area contributed by atoms with Crippen molar-refractivity contribution in [2.24, 2.45) is 0 Å². The van der Waals surface area contributed by atoms with E-state index in [0.29, 0.717) is 19.0 Å². The summed E-state index contributed by atoms with van der Waals surface area (Å²) in [7, 11) is 0. The van der Waals surface area contributed by atoms with E-state index in [1.54, 1.807) is 24.3 Å². The van der Waals surface area contributed by atoms with E-state index in [1.165, 1.54) is 0 Å². The number of aliphatic hydroxyl groups is 1. The van der Waals surface area contributed by atoms with Gasteiger partial charge in [-0.15, -0.1) is 0 Å². The number of nitrogens with one attached hydrogen (secondary N) is 1. The normalized spacial score (nSPS) is 16.1. The summed E-state index contributed by atoms with van der Waals surface area (Å²) < 4.78 is 10.6. The Balaban J connectivity index is 1.76. The van der Waals surface area contributed by atoms with Gasteiger partial charge in [0, 0.05) is 19.3 Å². The summed E-state index contributed by atoms with van der Waals surface area (Å²) in [5.41, 5.74) is 0.766. The summed E-state index contributed by atoms with van der Waals surface area (Å²) in [6.07, 6.45) is 1.71. The van der Waals surface area contributed by atoms with E-state index < -0.39 is 0 Å². The minimum Gasteiger partial charge on any atom is -0.484 e. The third-order valence-electron chi connectivity index (χ3n) is 3.04. The topological polar surface area (TPSA) is 67.8 Å². The molecule has 19 heavy (non-hydrogen) atoms. The Bertz CT molecular complexity index is 416. The molecule has 1 aliphatic rings. The van der Waals surface area contributed by atoms with Crippen LogP contribution in [0.4, 0.5) is 0 Å². The number of hydrogen-bond donors (Lipinski definition) is 2. The summed E-state index contributed by atoms with van der Waals surface area (Å²) in [6.45, 7) is 1.35. The molecule has 1 saturated heterocycles. The van der Waals surface area contributed by atoms with Crippen molar-refractivity contribution in [3.63, 3.8) is 0 Å². The lowest BCUT2D eigenvalue weighted by molar-refractivity contribution is -0.124.